The van der Waals surface area contributed by atoms with Gasteiger partial charge in [-0.3, -0.25) is 0 Å². The Morgan fingerprint density at radius 2 is 1.77 bits per heavy atom. The van der Waals surface area contributed by atoms with Gasteiger partial charge in [-0.15, -0.1) is 0 Å². The minimum absolute atomic E-state index is 0.0948. The molecule has 13 heavy (non-hydrogen) atoms. The molecule has 1 heterocycles. The molecule has 0 amide bonds. The summed E-state index contributed by atoms with van der Waals surface area (Å²) in [5.41, 5.74) is -1.42. The Balaban J connectivity index is 2.59. The lowest BCUT2D eigenvalue weighted by atomic mass is 9.95. The van der Waals surface area contributed by atoms with E-state index in [1.54, 1.807) is 0 Å². The summed E-state index contributed by atoms with van der Waals surface area (Å²) < 4.78 is 10.4. The molecule has 2 N–H and O–H groups in total. The topological polar surface area (TPSA) is 58.9 Å². The van der Waals surface area contributed by atoms with E-state index >= 15 is 0 Å². The minimum Gasteiger partial charge on any atom is -0.382 e. The lowest BCUT2D eigenvalue weighted by Gasteiger charge is -2.36. The number of ether oxygens (including phenoxy) is 2. The molecule has 2 atom stereocenters. The first-order chi connectivity index (χ1) is 5.83. The van der Waals surface area contributed by atoms with Gasteiger partial charge in [0.2, 0.25) is 0 Å². The Morgan fingerprint density at radius 3 is 2.38 bits per heavy atom. The molecule has 0 spiro atoms. The van der Waals surface area contributed by atoms with Gasteiger partial charge >= 0.3 is 0 Å². The standard InChI is InChI=1S/C9H18O4/c1-8(2)4-12-6-9(3,11)7(10)13-5-8/h7,10-11H,4-6H2,1-3H3. The first kappa shape index (κ1) is 10.9. The summed E-state index contributed by atoms with van der Waals surface area (Å²) in [6, 6.07) is 0. The third-order valence-electron chi connectivity index (χ3n) is 2.05. The van der Waals surface area contributed by atoms with Gasteiger partial charge in [0, 0.05) is 5.41 Å². The second-order valence-corrected chi connectivity index (χ2v) is 4.68. The quantitative estimate of drug-likeness (QED) is 0.570. The van der Waals surface area contributed by atoms with E-state index in [0.29, 0.717) is 13.2 Å². The third kappa shape index (κ3) is 2.91. The minimum atomic E-state index is -1.31. The highest BCUT2D eigenvalue weighted by atomic mass is 16.6. The molecule has 0 aromatic carbocycles. The molecule has 1 fully saturated rings. The largest absolute Gasteiger partial charge is 0.382 e. The molecule has 0 bridgehead atoms. The van der Waals surface area contributed by atoms with E-state index in [1.165, 1.54) is 6.92 Å². The highest BCUT2D eigenvalue weighted by Crippen LogP contribution is 2.23. The average Bonchev–Trinajstić information content (AvgIpc) is 1.98. The van der Waals surface area contributed by atoms with Crippen molar-refractivity contribution < 1.29 is 19.7 Å². The summed E-state index contributed by atoms with van der Waals surface area (Å²) in [6.45, 7) is 6.47. The van der Waals surface area contributed by atoms with E-state index in [-0.39, 0.29) is 12.0 Å². The SMILES string of the molecule is CC1(C)COCC(C)(O)C(O)OC1. The smallest absolute Gasteiger partial charge is 0.185 e. The van der Waals surface area contributed by atoms with Crippen molar-refractivity contribution in [2.75, 3.05) is 19.8 Å². The number of aliphatic hydroxyl groups is 2. The molecule has 1 rings (SSSR count). The van der Waals surface area contributed by atoms with Crippen molar-refractivity contribution in [3.63, 3.8) is 0 Å². The van der Waals surface area contributed by atoms with Crippen LogP contribution in [0.3, 0.4) is 0 Å². The van der Waals surface area contributed by atoms with Crippen LogP contribution in [0.1, 0.15) is 20.8 Å². The van der Waals surface area contributed by atoms with Gasteiger partial charge in [0.15, 0.2) is 6.29 Å². The molecular formula is C9H18O4. The van der Waals surface area contributed by atoms with Gasteiger partial charge in [0.25, 0.3) is 0 Å². The maximum atomic E-state index is 9.62. The van der Waals surface area contributed by atoms with E-state index < -0.39 is 11.9 Å². The molecule has 2 unspecified atom stereocenters. The normalized spacial score (nSPS) is 40.8. The van der Waals surface area contributed by atoms with Crippen LogP contribution >= 0.6 is 0 Å². The lowest BCUT2D eigenvalue weighted by Crippen LogP contribution is -2.49. The Bertz CT molecular complexity index is 176. The summed E-state index contributed by atoms with van der Waals surface area (Å²) in [5.74, 6) is 0. The van der Waals surface area contributed by atoms with E-state index in [0.717, 1.165) is 0 Å². The van der Waals surface area contributed by atoms with Crippen molar-refractivity contribution in [1.82, 2.24) is 0 Å². The molecule has 1 aliphatic rings. The van der Waals surface area contributed by atoms with Gasteiger partial charge in [0.05, 0.1) is 19.8 Å². The van der Waals surface area contributed by atoms with Crippen LogP contribution < -0.4 is 0 Å². The second-order valence-electron chi connectivity index (χ2n) is 4.68. The maximum absolute atomic E-state index is 9.62. The highest BCUT2D eigenvalue weighted by Gasteiger charge is 2.36. The van der Waals surface area contributed by atoms with Crippen LogP contribution in [0.2, 0.25) is 0 Å². The van der Waals surface area contributed by atoms with Crippen LogP contribution in [0.5, 0.6) is 0 Å². The zero-order valence-corrected chi connectivity index (χ0v) is 8.41. The van der Waals surface area contributed by atoms with Gasteiger partial charge in [-0.2, -0.15) is 0 Å². The first-order valence-corrected chi connectivity index (χ1v) is 4.43. The highest BCUT2D eigenvalue weighted by molar-refractivity contribution is 4.79. The van der Waals surface area contributed by atoms with Gasteiger partial charge < -0.3 is 19.7 Å². The fraction of sp³-hybridized carbons (Fsp3) is 1.00. The summed E-state index contributed by atoms with van der Waals surface area (Å²) >= 11 is 0. The molecule has 0 saturated carbocycles. The molecule has 4 heteroatoms. The lowest BCUT2D eigenvalue weighted by molar-refractivity contribution is -0.251. The maximum Gasteiger partial charge on any atom is 0.185 e. The van der Waals surface area contributed by atoms with Crippen molar-refractivity contribution in [1.29, 1.82) is 0 Å². The Labute approximate surface area is 78.5 Å². The summed E-state index contributed by atoms with van der Waals surface area (Å²) in [7, 11) is 0. The molecule has 0 radical (unpaired) electrons. The van der Waals surface area contributed by atoms with E-state index in [4.69, 9.17) is 9.47 Å². The van der Waals surface area contributed by atoms with Crippen LogP contribution in [-0.4, -0.2) is 41.9 Å². The molecule has 0 aromatic rings. The molecule has 1 aliphatic heterocycles. The molecule has 78 valence electrons. The number of aliphatic hydroxyl groups excluding tert-OH is 1. The molecule has 0 aromatic heterocycles. The zero-order valence-electron chi connectivity index (χ0n) is 8.41. The number of hydrogen-bond donors (Lipinski definition) is 2. The Morgan fingerprint density at radius 1 is 1.15 bits per heavy atom. The molecule has 1 saturated heterocycles. The average molecular weight is 190 g/mol. The van der Waals surface area contributed by atoms with Crippen LogP contribution in [-0.2, 0) is 9.47 Å². The zero-order chi connectivity index (χ0) is 10.1. The monoisotopic (exact) mass is 190 g/mol. The Kier molecular flexibility index (Phi) is 2.97. The molecular weight excluding hydrogens is 172 g/mol. The fourth-order valence-corrected chi connectivity index (χ4v) is 1.13. The van der Waals surface area contributed by atoms with Crippen LogP contribution in [0, 0.1) is 5.41 Å². The summed E-state index contributed by atoms with van der Waals surface area (Å²) in [4.78, 5) is 0. The fourth-order valence-electron chi connectivity index (χ4n) is 1.13. The molecule has 4 nitrogen and oxygen atoms in total. The van der Waals surface area contributed by atoms with E-state index in [2.05, 4.69) is 0 Å². The van der Waals surface area contributed by atoms with Crippen LogP contribution in [0.4, 0.5) is 0 Å². The van der Waals surface area contributed by atoms with Gasteiger partial charge in [-0.05, 0) is 6.92 Å². The van der Waals surface area contributed by atoms with Crippen molar-refractivity contribution in [3.8, 4) is 0 Å². The van der Waals surface area contributed by atoms with Crippen LogP contribution in [0.15, 0.2) is 0 Å². The predicted octanol–water partition coefficient (Wildman–Crippen LogP) is 0.129. The number of rotatable bonds is 0. The van der Waals surface area contributed by atoms with Crippen molar-refractivity contribution in [3.05, 3.63) is 0 Å². The molecule has 0 aliphatic carbocycles. The summed E-state index contributed by atoms with van der Waals surface area (Å²) in [6.07, 6.45) is -1.17. The van der Waals surface area contributed by atoms with Crippen molar-refractivity contribution >= 4 is 0 Å². The first-order valence-electron chi connectivity index (χ1n) is 4.43. The Hall–Kier alpha value is -0.160. The summed E-state index contributed by atoms with van der Waals surface area (Å²) in [5, 5.41) is 19.0. The third-order valence-corrected chi connectivity index (χ3v) is 2.05. The van der Waals surface area contributed by atoms with Gasteiger partial charge in [-0.1, -0.05) is 13.8 Å². The van der Waals surface area contributed by atoms with Gasteiger partial charge in [0.1, 0.15) is 5.60 Å². The number of hydrogen-bond acceptors (Lipinski definition) is 4. The van der Waals surface area contributed by atoms with E-state index in [1.807, 2.05) is 13.8 Å². The van der Waals surface area contributed by atoms with Crippen molar-refractivity contribution in [2.45, 2.75) is 32.7 Å². The van der Waals surface area contributed by atoms with Crippen LogP contribution in [0.25, 0.3) is 0 Å². The van der Waals surface area contributed by atoms with Gasteiger partial charge in [-0.25, -0.2) is 0 Å². The van der Waals surface area contributed by atoms with Crippen molar-refractivity contribution in [2.24, 2.45) is 5.41 Å². The predicted molar refractivity (Wildman–Crippen MR) is 47.2 cm³/mol. The second kappa shape index (κ2) is 3.53. The van der Waals surface area contributed by atoms with E-state index in [9.17, 15) is 10.2 Å².